The molecule has 50 heavy (non-hydrogen) atoms. The number of fused-ring (bicyclic) bond motifs is 9. The second-order valence-corrected chi connectivity index (χ2v) is 13.8. The number of aromatic nitrogens is 4. The number of para-hydroxylation sites is 4. The Labute approximate surface area is 291 Å². The van der Waals surface area contributed by atoms with Crippen LogP contribution in [0.2, 0.25) is 0 Å². The molecule has 0 aliphatic rings. The van der Waals surface area contributed by atoms with Crippen molar-refractivity contribution >= 4 is 70.1 Å². The van der Waals surface area contributed by atoms with E-state index in [1.807, 2.05) is 6.20 Å². The third-order valence-corrected chi connectivity index (χ3v) is 11.3. The fourth-order valence-electron chi connectivity index (χ4n) is 7.99. The van der Waals surface area contributed by atoms with Crippen molar-refractivity contribution in [1.82, 2.24) is 18.5 Å². The number of hydrogen-bond acceptors (Lipinski definition) is 2. The van der Waals surface area contributed by atoms with Gasteiger partial charge in [-0.1, -0.05) is 108 Å². The maximum absolute atomic E-state index is 4.76. The van der Waals surface area contributed by atoms with E-state index >= 15 is 0 Å². The molecule has 0 amide bonds. The van der Waals surface area contributed by atoms with E-state index in [1.165, 1.54) is 87.5 Å². The van der Waals surface area contributed by atoms with Crippen molar-refractivity contribution in [3.05, 3.63) is 170 Å². The fraction of sp³-hybridized carbons (Fsp3) is 0. The van der Waals surface area contributed by atoms with Crippen LogP contribution in [0.5, 0.6) is 0 Å². The molecule has 0 atom stereocenters. The largest absolute Gasteiger partial charge is 0.309 e. The predicted molar refractivity (Wildman–Crippen MR) is 210 cm³/mol. The summed E-state index contributed by atoms with van der Waals surface area (Å²) in [6, 6.07) is 57.2. The van der Waals surface area contributed by atoms with Crippen LogP contribution < -0.4 is 0 Å². The van der Waals surface area contributed by atoms with Gasteiger partial charge in [-0.05, 0) is 71.8 Å². The highest BCUT2D eigenvalue weighted by Crippen LogP contribution is 2.43. The molecule has 7 aromatic carbocycles. The van der Waals surface area contributed by atoms with Crippen molar-refractivity contribution in [2.75, 3.05) is 0 Å². The minimum absolute atomic E-state index is 0.997. The monoisotopic (exact) mass is 656 g/mol. The van der Waals surface area contributed by atoms with E-state index in [0.717, 1.165) is 4.96 Å². The molecule has 0 bridgehead atoms. The molecule has 4 nitrogen and oxygen atoms in total. The highest BCUT2D eigenvalue weighted by molar-refractivity contribution is 7.24. The van der Waals surface area contributed by atoms with E-state index in [4.69, 9.17) is 4.98 Å². The number of rotatable bonds is 4. The Bertz CT molecular complexity index is 3090. The van der Waals surface area contributed by atoms with Crippen LogP contribution in [0.3, 0.4) is 0 Å². The molecule has 0 unspecified atom stereocenters. The minimum atomic E-state index is 0.997. The molecular weight excluding hydrogens is 629 g/mol. The molecule has 11 rings (SSSR count). The highest BCUT2D eigenvalue weighted by Gasteiger charge is 2.20. The third kappa shape index (κ3) is 3.89. The molecular formula is C45H28N4S. The summed E-state index contributed by atoms with van der Waals surface area (Å²) in [6.07, 6.45) is 4.00. The molecule has 4 heterocycles. The Balaban J connectivity index is 1.13. The second kappa shape index (κ2) is 10.5. The lowest BCUT2D eigenvalue weighted by Crippen LogP contribution is -1.93. The summed E-state index contributed by atoms with van der Waals surface area (Å²) in [4.78, 5) is 5.75. The molecule has 4 aromatic heterocycles. The van der Waals surface area contributed by atoms with Gasteiger partial charge in [0, 0.05) is 56.4 Å². The maximum atomic E-state index is 4.76. The lowest BCUT2D eigenvalue weighted by atomic mass is 9.96. The van der Waals surface area contributed by atoms with Gasteiger partial charge in [-0.3, -0.25) is 4.40 Å². The highest BCUT2D eigenvalue weighted by atomic mass is 32.1. The van der Waals surface area contributed by atoms with Gasteiger partial charge in [-0.2, -0.15) is 0 Å². The predicted octanol–water partition coefficient (Wildman–Crippen LogP) is 12.1. The molecule has 0 saturated heterocycles. The Morgan fingerprint density at radius 3 is 1.54 bits per heavy atom. The molecule has 0 spiro atoms. The van der Waals surface area contributed by atoms with Gasteiger partial charge in [0.1, 0.15) is 0 Å². The van der Waals surface area contributed by atoms with Gasteiger partial charge in [-0.25, -0.2) is 4.98 Å². The molecule has 11 aromatic rings. The summed E-state index contributed by atoms with van der Waals surface area (Å²) in [6.45, 7) is 0. The van der Waals surface area contributed by atoms with E-state index < -0.39 is 0 Å². The van der Waals surface area contributed by atoms with E-state index in [9.17, 15) is 0 Å². The van der Waals surface area contributed by atoms with Crippen molar-refractivity contribution in [2.45, 2.75) is 0 Å². The van der Waals surface area contributed by atoms with Gasteiger partial charge in [0.25, 0.3) is 0 Å². The van der Waals surface area contributed by atoms with Crippen molar-refractivity contribution in [2.24, 2.45) is 0 Å². The van der Waals surface area contributed by atoms with Gasteiger partial charge in [0.2, 0.25) is 0 Å². The van der Waals surface area contributed by atoms with Crippen LogP contribution in [-0.2, 0) is 0 Å². The number of nitrogens with zero attached hydrogens (tertiary/aromatic N) is 4. The number of hydrogen-bond donors (Lipinski definition) is 0. The molecule has 5 heteroatoms. The van der Waals surface area contributed by atoms with Crippen LogP contribution >= 0.6 is 11.3 Å². The topological polar surface area (TPSA) is 27.2 Å². The SMILES string of the molecule is c1ccc(-n2c3ccccc3c3cc(-c4ccc(-c5ccc6c(c5)c5ccccc5n6-c5ccccc5)c5c4sc4nccn45)ccc32)cc1. The van der Waals surface area contributed by atoms with Crippen LogP contribution in [0, 0.1) is 0 Å². The third-order valence-electron chi connectivity index (χ3n) is 10.2. The van der Waals surface area contributed by atoms with E-state index in [2.05, 4.69) is 177 Å². The fourth-order valence-corrected chi connectivity index (χ4v) is 9.14. The Kier molecular flexibility index (Phi) is 5.80. The van der Waals surface area contributed by atoms with Crippen molar-refractivity contribution in [3.8, 4) is 33.6 Å². The zero-order valence-corrected chi connectivity index (χ0v) is 27.7. The smallest absolute Gasteiger partial charge is 0.194 e. The normalized spacial score (nSPS) is 12.0. The van der Waals surface area contributed by atoms with Gasteiger partial charge in [-0.15, -0.1) is 0 Å². The van der Waals surface area contributed by atoms with Gasteiger partial charge < -0.3 is 9.13 Å². The quantitative estimate of drug-likeness (QED) is 0.185. The first-order valence-electron chi connectivity index (χ1n) is 16.9. The average Bonchev–Trinajstić information content (AvgIpc) is 3.94. The lowest BCUT2D eigenvalue weighted by molar-refractivity contribution is 1.18. The molecule has 0 radical (unpaired) electrons. The summed E-state index contributed by atoms with van der Waals surface area (Å²) in [5, 5.41) is 5.00. The molecule has 0 aliphatic heterocycles. The first-order valence-corrected chi connectivity index (χ1v) is 17.7. The van der Waals surface area contributed by atoms with Crippen LogP contribution in [0.15, 0.2) is 170 Å². The van der Waals surface area contributed by atoms with Crippen LogP contribution in [0.1, 0.15) is 0 Å². The molecule has 0 saturated carbocycles. The van der Waals surface area contributed by atoms with Gasteiger partial charge >= 0.3 is 0 Å². The number of benzene rings is 7. The Morgan fingerprint density at radius 2 is 0.940 bits per heavy atom. The zero-order valence-electron chi connectivity index (χ0n) is 26.9. The average molecular weight is 657 g/mol. The first kappa shape index (κ1) is 27.5. The van der Waals surface area contributed by atoms with Crippen LogP contribution in [0.4, 0.5) is 0 Å². The van der Waals surface area contributed by atoms with Crippen molar-refractivity contribution < 1.29 is 0 Å². The van der Waals surface area contributed by atoms with Gasteiger partial charge in [0.05, 0.1) is 32.3 Å². The van der Waals surface area contributed by atoms with Crippen LogP contribution in [0.25, 0.3) is 92.4 Å². The molecule has 0 aliphatic carbocycles. The van der Waals surface area contributed by atoms with Crippen LogP contribution in [-0.4, -0.2) is 18.5 Å². The summed E-state index contributed by atoms with van der Waals surface area (Å²) in [7, 11) is 0. The Morgan fingerprint density at radius 1 is 0.440 bits per heavy atom. The lowest BCUT2D eigenvalue weighted by Gasteiger charge is -2.11. The first-order chi connectivity index (χ1) is 24.8. The summed E-state index contributed by atoms with van der Waals surface area (Å²) in [5.74, 6) is 0. The maximum Gasteiger partial charge on any atom is 0.194 e. The standard InChI is InChI=1S/C45H28N4S/c1-3-11-31(12-4-1)48-39-17-9-7-15-35(39)37-27-29(19-23-41(37)48)33-21-22-34(44-43(33)47-26-25-46-45(47)50-44)30-20-24-42-38(28-30)36-16-8-10-18-40(36)49(42)32-13-5-2-6-14-32/h1-28H. The zero-order chi connectivity index (χ0) is 32.8. The van der Waals surface area contributed by atoms with Crippen molar-refractivity contribution in [1.29, 1.82) is 0 Å². The second-order valence-electron chi connectivity index (χ2n) is 12.9. The van der Waals surface area contributed by atoms with Gasteiger partial charge in [0.15, 0.2) is 4.96 Å². The van der Waals surface area contributed by atoms with E-state index in [-0.39, 0.29) is 0 Å². The summed E-state index contributed by atoms with van der Waals surface area (Å²) in [5.41, 5.74) is 13.2. The summed E-state index contributed by atoms with van der Waals surface area (Å²) < 4.78 is 8.24. The van der Waals surface area contributed by atoms with E-state index in [0.29, 0.717) is 0 Å². The molecule has 234 valence electrons. The summed E-state index contributed by atoms with van der Waals surface area (Å²) >= 11 is 1.76. The number of thiazole rings is 1. The Hall–Kier alpha value is -6.43. The minimum Gasteiger partial charge on any atom is -0.309 e. The van der Waals surface area contributed by atoms with Crippen molar-refractivity contribution in [3.63, 3.8) is 0 Å². The van der Waals surface area contributed by atoms with E-state index in [1.54, 1.807) is 11.3 Å². The molecule has 0 N–H and O–H groups in total. The molecule has 0 fully saturated rings. The number of imidazole rings is 1.